The van der Waals surface area contributed by atoms with Crippen molar-refractivity contribution < 1.29 is 4.79 Å². The van der Waals surface area contributed by atoms with Crippen LogP contribution in [0, 0.1) is 32.1 Å². The Bertz CT molecular complexity index is 1460. The number of Topliss-reactive ketones (excluding diaryl/α,β-unsaturated/α-hetero) is 1. The first-order chi connectivity index (χ1) is 15.3. The summed E-state index contributed by atoms with van der Waals surface area (Å²) in [5.74, 6) is 0.739. The zero-order chi connectivity index (χ0) is 23.0. The summed E-state index contributed by atoms with van der Waals surface area (Å²) in [5.41, 5.74) is 4.25. The number of rotatable bonds is 5. The molecule has 0 aliphatic carbocycles. The molecule has 32 heavy (non-hydrogen) atoms. The van der Waals surface area contributed by atoms with Gasteiger partial charge >= 0.3 is 0 Å². The SMILES string of the molecule is CC(=O)c1cc(C#N)c(SCc2nc3sc(C)c(-c4ccc(C)cc4)c3c(=O)[nH]2)nc1C. The third-order valence-electron chi connectivity index (χ3n) is 5.15. The maximum atomic E-state index is 13.0. The van der Waals surface area contributed by atoms with Crippen LogP contribution in [0.5, 0.6) is 0 Å². The van der Waals surface area contributed by atoms with E-state index >= 15 is 0 Å². The van der Waals surface area contributed by atoms with Gasteiger partial charge in [-0.1, -0.05) is 41.6 Å². The number of aromatic nitrogens is 3. The van der Waals surface area contributed by atoms with E-state index in [-0.39, 0.29) is 11.3 Å². The van der Waals surface area contributed by atoms with Crippen molar-refractivity contribution in [3.8, 4) is 17.2 Å². The number of thioether (sulfide) groups is 1. The summed E-state index contributed by atoms with van der Waals surface area (Å²) < 4.78 is 0. The van der Waals surface area contributed by atoms with Gasteiger partial charge in [-0.15, -0.1) is 11.3 Å². The number of carbonyl (C=O) groups excluding carboxylic acids is 1. The van der Waals surface area contributed by atoms with Gasteiger partial charge in [0, 0.05) is 21.7 Å². The van der Waals surface area contributed by atoms with Crippen molar-refractivity contribution in [1.82, 2.24) is 15.0 Å². The van der Waals surface area contributed by atoms with E-state index in [0.29, 0.717) is 43.6 Å². The second-order valence-electron chi connectivity index (χ2n) is 7.52. The van der Waals surface area contributed by atoms with Crippen molar-refractivity contribution in [2.75, 3.05) is 0 Å². The van der Waals surface area contributed by atoms with E-state index in [1.165, 1.54) is 30.0 Å². The zero-order valence-corrected chi connectivity index (χ0v) is 19.7. The number of ketones is 1. The van der Waals surface area contributed by atoms with Crippen molar-refractivity contribution in [3.05, 3.63) is 73.8 Å². The highest BCUT2D eigenvalue weighted by Crippen LogP contribution is 2.36. The first kappa shape index (κ1) is 21.9. The minimum atomic E-state index is -0.179. The summed E-state index contributed by atoms with van der Waals surface area (Å²) in [5, 5.41) is 10.6. The molecule has 6 nitrogen and oxygen atoms in total. The van der Waals surface area contributed by atoms with E-state index in [4.69, 9.17) is 0 Å². The number of fused-ring (bicyclic) bond motifs is 1. The van der Waals surface area contributed by atoms with Crippen LogP contribution in [-0.2, 0) is 5.75 Å². The largest absolute Gasteiger partial charge is 0.309 e. The highest BCUT2D eigenvalue weighted by Gasteiger charge is 2.18. The van der Waals surface area contributed by atoms with Gasteiger partial charge in [0.1, 0.15) is 21.7 Å². The molecule has 1 aromatic carbocycles. The average molecular weight is 461 g/mol. The number of nitrogens with one attached hydrogen (secondary N) is 1. The van der Waals surface area contributed by atoms with Crippen LogP contribution in [0.2, 0.25) is 0 Å². The number of benzene rings is 1. The van der Waals surface area contributed by atoms with Gasteiger partial charge in [0.15, 0.2) is 5.78 Å². The first-order valence-electron chi connectivity index (χ1n) is 9.93. The van der Waals surface area contributed by atoms with E-state index < -0.39 is 0 Å². The van der Waals surface area contributed by atoms with Gasteiger partial charge in [-0.05, 0) is 39.3 Å². The van der Waals surface area contributed by atoms with Crippen LogP contribution < -0.4 is 5.56 Å². The molecule has 0 fully saturated rings. The minimum Gasteiger partial charge on any atom is -0.309 e. The van der Waals surface area contributed by atoms with E-state index in [0.717, 1.165) is 21.6 Å². The highest BCUT2D eigenvalue weighted by molar-refractivity contribution is 7.98. The molecule has 3 aromatic heterocycles. The Labute approximate surface area is 193 Å². The second kappa shape index (κ2) is 8.69. The molecule has 160 valence electrons. The number of H-pyrrole nitrogens is 1. The Balaban J connectivity index is 1.68. The quantitative estimate of drug-likeness (QED) is 0.319. The second-order valence-corrected chi connectivity index (χ2v) is 9.69. The number of nitrogens with zero attached hydrogens (tertiary/aromatic N) is 3. The average Bonchev–Trinajstić information content (AvgIpc) is 3.09. The maximum Gasteiger partial charge on any atom is 0.260 e. The van der Waals surface area contributed by atoms with Crippen LogP contribution in [0.4, 0.5) is 0 Å². The molecule has 0 saturated heterocycles. The van der Waals surface area contributed by atoms with Gasteiger partial charge in [0.05, 0.1) is 16.7 Å². The monoisotopic (exact) mass is 460 g/mol. The van der Waals surface area contributed by atoms with E-state index in [1.807, 2.05) is 38.1 Å². The lowest BCUT2D eigenvalue weighted by atomic mass is 10.0. The lowest BCUT2D eigenvalue weighted by molar-refractivity contribution is 0.101. The molecule has 1 N–H and O–H groups in total. The summed E-state index contributed by atoms with van der Waals surface area (Å²) in [6.45, 7) is 7.23. The van der Waals surface area contributed by atoms with Crippen molar-refractivity contribution in [3.63, 3.8) is 0 Å². The lowest BCUT2D eigenvalue weighted by Gasteiger charge is -2.08. The number of hydrogen-bond acceptors (Lipinski definition) is 7. The molecule has 4 aromatic rings. The van der Waals surface area contributed by atoms with Gasteiger partial charge in [0.2, 0.25) is 0 Å². The third-order valence-corrected chi connectivity index (χ3v) is 7.15. The molecule has 0 amide bonds. The van der Waals surface area contributed by atoms with Crippen LogP contribution in [0.15, 0.2) is 40.2 Å². The number of carbonyl (C=O) groups is 1. The smallest absolute Gasteiger partial charge is 0.260 e. The minimum absolute atomic E-state index is 0.128. The van der Waals surface area contributed by atoms with E-state index in [9.17, 15) is 14.9 Å². The van der Waals surface area contributed by atoms with Crippen LogP contribution >= 0.6 is 23.1 Å². The molecule has 0 bridgehead atoms. The summed E-state index contributed by atoms with van der Waals surface area (Å²) in [6, 6.07) is 11.8. The van der Waals surface area contributed by atoms with Gasteiger partial charge in [-0.25, -0.2) is 9.97 Å². The molecule has 0 aliphatic heterocycles. The van der Waals surface area contributed by atoms with Gasteiger partial charge < -0.3 is 4.98 Å². The Hall–Kier alpha value is -3.28. The molecule has 0 atom stereocenters. The molecule has 0 unspecified atom stereocenters. The standard InChI is InChI=1S/C24H20N4O2S2/c1-12-5-7-16(8-6-12)20-15(4)32-24-21(20)22(30)27-19(28-24)11-31-23-17(10-25)9-18(14(3)29)13(2)26-23/h5-9H,11H2,1-4H3,(H,27,28,30). The topological polar surface area (TPSA) is 99.5 Å². The number of aromatic amines is 1. The zero-order valence-electron chi connectivity index (χ0n) is 18.1. The predicted molar refractivity (Wildman–Crippen MR) is 128 cm³/mol. The van der Waals surface area contributed by atoms with Gasteiger partial charge in [-0.3, -0.25) is 9.59 Å². The third kappa shape index (κ3) is 4.09. The summed E-state index contributed by atoms with van der Waals surface area (Å²) >= 11 is 2.81. The number of nitriles is 1. The van der Waals surface area contributed by atoms with Crippen LogP contribution in [0.1, 0.15) is 44.8 Å². The summed E-state index contributed by atoms with van der Waals surface area (Å²) in [7, 11) is 0. The fourth-order valence-electron chi connectivity index (χ4n) is 3.57. The van der Waals surface area contributed by atoms with Crippen LogP contribution in [0.3, 0.4) is 0 Å². The highest BCUT2D eigenvalue weighted by atomic mass is 32.2. The molecule has 0 saturated carbocycles. The molecule has 0 radical (unpaired) electrons. The van der Waals surface area contributed by atoms with Crippen LogP contribution in [-0.4, -0.2) is 20.7 Å². The fraction of sp³-hybridized carbons (Fsp3) is 0.208. The van der Waals surface area contributed by atoms with Crippen molar-refractivity contribution in [2.45, 2.75) is 38.5 Å². The molecule has 8 heteroatoms. The fourth-order valence-corrected chi connectivity index (χ4v) is 5.50. The number of thiophene rings is 1. The van der Waals surface area contributed by atoms with Gasteiger partial charge in [-0.2, -0.15) is 5.26 Å². The molecule has 0 aliphatic rings. The van der Waals surface area contributed by atoms with Crippen molar-refractivity contribution >= 4 is 39.1 Å². The summed E-state index contributed by atoms with van der Waals surface area (Å²) in [6.07, 6.45) is 0. The predicted octanol–water partition coefficient (Wildman–Crippen LogP) is 5.34. The molecular weight excluding hydrogens is 440 g/mol. The van der Waals surface area contributed by atoms with Gasteiger partial charge in [0.25, 0.3) is 5.56 Å². The van der Waals surface area contributed by atoms with E-state index in [1.54, 1.807) is 13.0 Å². The number of aryl methyl sites for hydroxylation is 3. The molecule has 0 spiro atoms. The number of pyridine rings is 1. The Morgan fingerprint density at radius 2 is 1.91 bits per heavy atom. The van der Waals surface area contributed by atoms with E-state index in [2.05, 4.69) is 21.0 Å². The molecular formula is C24H20N4O2S2. The normalized spacial score (nSPS) is 11.0. The molecule has 4 rings (SSSR count). The van der Waals surface area contributed by atoms with Crippen molar-refractivity contribution in [2.24, 2.45) is 0 Å². The molecule has 3 heterocycles. The summed E-state index contributed by atoms with van der Waals surface area (Å²) in [4.78, 5) is 38.4. The Morgan fingerprint density at radius 3 is 2.56 bits per heavy atom. The number of hydrogen-bond donors (Lipinski definition) is 1. The lowest BCUT2D eigenvalue weighted by Crippen LogP contribution is -2.11. The Kier molecular flexibility index (Phi) is 5.96. The first-order valence-corrected chi connectivity index (χ1v) is 11.7. The van der Waals surface area contributed by atoms with Crippen LogP contribution in [0.25, 0.3) is 21.3 Å². The van der Waals surface area contributed by atoms with Crippen molar-refractivity contribution in [1.29, 1.82) is 5.26 Å². The Morgan fingerprint density at radius 1 is 1.19 bits per heavy atom. The maximum absolute atomic E-state index is 13.0.